The molecule has 0 saturated carbocycles. The minimum atomic E-state index is -0.375. The van der Waals surface area contributed by atoms with E-state index in [4.69, 9.17) is 16.3 Å². The van der Waals surface area contributed by atoms with Crippen LogP contribution >= 0.6 is 11.6 Å². The van der Waals surface area contributed by atoms with Gasteiger partial charge in [0.1, 0.15) is 11.6 Å². The summed E-state index contributed by atoms with van der Waals surface area (Å²) >= 11 is 6.02. The Morgan fingerprint density at radius 2 is 2.25 bits per heavy atom. The number of hydrogen-bond donors (Lipinski definition) is 1. The first-order valence-electron chi connectivity index (χ1n) is 5.36. The molecule has 0 bridgehead atoms. The number of nitrogens with one attached hydrogen (secondary N) is 1. The number of benzene rings is 1. The Bertz CT molecular complexity index is 402. The van der Waals surface area contributed by atoms with E-state index in [1.165, 1.54) is 19.2 Å². The lowest BCUT2D eigenvalue weighted by molar-refractivity contribution is 0.356. The number of rotatable bonds is 2. The van der Waals surface area contributed by atoms with Gasteiger partial charge in [0.25, 0.3) is 0 Å². The maximum atomic E-state index is 13.9. The van der Waals surface area contributed by atoms with Gasteiger partial charge in [-0.15, -0.1) is 0 Å². The molecule has 1 aromatic carbocycles. The van der Waals surface area contributed by atoms with Gasteiger partial charge in [0, 0.05) is 5.54 Å². The first-order valence-corrected chi connectivity index (χ1v) is 5.74. The van der Waals surface area contributed by atoms with Crippen molar-refractivity contribution < 1.29 is 9.13 Å². The first-order chi connectivity index (χ1) is 7.58. The number of hydrogen-bond acceptors (Lipinski definition) is 2. The summed E-state index contributed by atoms with van der Waals surface area (Å²) in [6.45, 7) is 2.88. The Hall–Kier alpha value is -0.800. The smallest absolute Gasteiger partial charge is 0.145 e. The van der Waals surface area contributed by atoms with Crippen LogP contribution in [0.2, 0.25) is 5.02 Å². The maximum absolute atomic E-state index is 13.9. The largest absolute Gasteiger partial charge is 0.495 e. The topological polar surface area (TPSA) is 21.3 Å². The SMILES string of the molecule is COc1c(Cl)ccc(F)c1C1(C)CCCN1. The molecule has 1 saturated heterocycles. The summed E-state index contributed by atoms with van der Waals surface area (Å²) in [4.78, 5) is 0. The van der Waals surface area contributed by atoms with Crippen LogP contribution in [0.15, 0.2) is 12.1 Å². The summed E-state index contributed by atoms with van der Waals surface area (Å²) in [5, 5.41) is 3.77. The molecule has 16 heavy (non-hydrogen) atoms. The Labute approximate surface area is 99.7 Å². The van der Waals surface area contributed by atoms with Crippen LogP contribution in [0.1, 0.15) is 25.3 Å². The van der Waals surface area contributed by atoms with E-state index in [0.29, 0.717) is 16.3 Å². The molecular formula is C12H15ClFNO. The van der Waals surface area contributed by atoms with Gasteiger partial charge in [-0.05, 0) is 38.4 Å². The van der Waals surface area contributed by atoms with Crippen molar-refractivity contribution in [1.29, 1.82) is 0 Å². The van der Waals surface area contributed by atoms with Crippen molar-refractivity contribution in [3.8, 4) is 5.75 Å². The van der Waals surface area contributed by atoms with Crippen LogP contribution in [0.5, 0.6) is 5.75 Å². The zero-order valence-electron chi connectivity index (χ0n) is 9.44. The van der Waals surface area contributed by atoms with Crippen LogP contribution in [-0.4, -0.2) is 13.7 Å². The molecule has 2 nitrogen and oxygen atoms in total. The summed E-state index contributed by atoms with van der Waals surface area (Å²) in [6, 6.07) is 2.92. The molecule has 0 aliphatic carbocycles. The van der Waals surface area contributed by atoms with Crippen LogP contribution in [0.25, 0.3) is 0 Å². The van der Waals surface area contributed by atoms with E-state index in [1.807, 2.05) is 6.92 Å². The van der Waals surface area contributed by atoms with Crippen LogP contribution in [-0.2, 0) is 5.54 Å². The molecule has 1 aliphatic heterocycles. The fraction of sp³-hybridized carbons (Fsp3) is 0.500. The lowest BCUT2D eigenvalue weighted by atomic mass is 9.89. The van der Waals surface area contributed by atoms with Crippen molar-refractivity contribution in [2.24, 2.45) is 0 Å². The third kappa shape index (κ3) is 1.78. The summed E-state index contributed by atoms with van der Waals surface area (Å²) in [5.41, 5.74) is 0.167. The van der Waals surface area contributed by atoms with Gasteiger partial charge in [0.05, 0.1) is 17.7 Å². The molecule has 4 heteroatoms. The predicted octanol–water partition coefficient (Wildman–Crippen LogP) is 3.09. The number of ether oxygens (including phenoxy) is 1. The maximum Gasteiger partial charge on any atom is 0.145 e. The van der Waals surface area contributed by atoms with E-state index in [0.717, 1.165) is 19.4 Å². The third-order valence-electron chi connectivity index (χ3n) is 3.18. The molecule has 0 aromatic heterocycles. The van der Waals surface area contributed by atoms with Gasteiger partial charge >= 0.3 is 0 Å². The Morgan fingerprint density at radius 1 is 1.50 bits per heavy atom. The first kappa shape index (κ1) is 11.7. The zero-order valence-corrected chi connectivity index (χ0v) is 10.2. The van der Waals surface area contributed by atoms with Crippen molar-refractivity contribution >= 4 is 11.6 Å². The summed E-state index contributed by atoms with van der Waals surface area (Å²) < 4.78 is 19.2. The predicted molar refractivity (Wildman–Crippen MR) is 62.6 cm³/mol. The molecule has 88 valence electrons. The standard InChI is InChI=1S/C12H15ClFNO/c1-12(6-3-7-15-12)10-9(14)5-4-8(13)11(10)16-2/h4-5,15H,3,6-7H2,1-2H3. The second-order valence-corrected chi connectivity index (χ2v) is 4.71. The quantitative estimate of drug-likeness (QED) is 0.862. The number of methoxy groups -OCH3 is 1. The number of halogens is 2. The highest BCUT2D eigenvalue weighted by Gasteiger charge is 2.36. The monoisotopic (exact) mass is 243 g/mol. The fourth-order valence-electron chi connectivity index (χ4n) is 2.35. The molecule has 1 N–H and O–H groups in total. The third-order valence-corrected chi connectivity index (χ3v) is 3.48. The van der Waals surface area contributed by atoms with Crippen molar-refractivity contribution in [2.45, 2.75) is 25.3 Å². The van der Waals surface area contributed by atoms with Gasteiger partial charge in [-0.2, -0.15) is 0 Å². The average Bonchev–Trinajstić information content (AvgIpc) is 2.69. The lowest BCUT2D eigenvalue weighted by Crippen LogP contribution is -2.34. The molecule has 1 aliphatic rings. The molecule has 0 spiro atoms. The minimum Gasteiger partial charge on any atom is -0.495 e. The highest BCUT2D eigenvalue weighted by atomic mass is 35.5. The van der Waals surface area contributed by atoms with Crippen LogP contribution in [0.3, 0.4) is 0 Å². The van der Waals surface area contributed by atoms with E-state index in [9.17, 15) is 4.39 Å². The summed E-state index contributed by atoms with van der Waals surface area (Å²) in [6.07, 6.45) is 1.92. The second-order valence-electron chi connectivity index (χ2n) is 4.30. The normalized spacial score (nSPS) is 24.8. The summed E-state index contributed by atoms with van der Waals surface area (Å²) in [7, 11) is 1.52. The van der Waals surface area contributed by atoms with Crippen LogP contribution in [0.4, 0.5) is 4.39 Å². The van der Waals surface area contributed by atoms with Gasteiger partial charge in [0.15, 0.2) is 0 Å². The lowest BCUT2D eigenvalue weighted by Gasteiger charge is -2.27. The zero-order chi connectivity index (χ0) is 11.8. The molecule has 0 radical (unpaired) electrons. The van der Waals surface area contributed by atoms with E-state index < -0.39 is 0 Å². The highest BCUT2D eigenvalue weighted by Crippen LogP contribution is 2.41. The Balaban J connectivity index is 2.57. The molecule has 2 rings (SSSR count). The van der Waals surface area contributed by atoms with E-state index >= 15 is 0 Å². The summed E-state index contributed by atoms with van der Waals surface area (Å²) in [5.74, 6) is 0.178. The molecular weight excluding hydrogens is 229 g/mol. The van der Waals surface area contributed by atoms with Crippen LogP contribution < -0.4 is 10.1 Å². The molecule has 1 heterocycles. The van der Waals surface area contributed by atoms with Gasteiger partial charge in [0.2, 0.25) is 0 Å². The van der Waals surface area contributed by atoms with Crippen molar-refractivity contribution in [3.63, 3.8) is 0 Å². The highest BCUT2D eigenvalue weighted by molar-refractivity contribution is 6.32. The molecule has 0 amide bonds. The Morgan fingerprint density at radius 3 is 2.81 bits per heavy atom. The van der Waals surface area contributed by atoms with E-state index in [2.05, 4.69) is 5.32 Å². The minimum absolute atomic E-state index is 0.266. The van der Waals surface area contributed by atoms with Crippen molar-refractivity contribution in [2.75, 3.05) is 13.7 Å². The van der Waals surface area contributed by atoms with Gasteiger partial charge in [-0.3, -0.25) is 0 Å². The van der Waals surface area contributed by atoms with Gasteiger partial charge in [-0.1, -0.05) is 11.6 Å². The van der Waals surface area contributed by atoms with Gasteiger partial charge < -0.3 is 10.1 Å². The van der Waals surface area contributed by atoms with E-state index in [-0.39, 0.29) is 11.4 Å². The molecule has 1 fully saturated rings. The van der Waals surface area contributed by atoms with Crippen LogP contribution in [0, 0.1) is 5.82 Å². The van der Waals surface area contributed by atoms with Crippen molar-refractivity contribution in [3.05, 3.63) is 28.5 Å². The Kier molecular flexibility index (Phi) is 3.08. The van der Waals surface area contributed by atoms with E-state index in [1.54, 1.807) is 0 Å². The van der Waals surface area contributed by atoms with Crippen molar-refractivity contribution in [1.82, 2.24) is 5.32 Å². The molecule has 1 aromatic rings. The van der Waals surface area contributed by atoms with Gasteiger partial charge in [-0.25, -0.2) is 4.39 Å². The average molecular weight is 244 g/mol. The second kappa shape index (κ2) is 4.22. The fourth-order valence-corrected chi connectivity index (χ4v) is 2.59. The molecule has 1 unspecified atom stereocenters. The molecule has 1 atom stereocenters.